The van der Waals surface area contributed by atoms with Crippen LogP contribution < -0.4 is 16.0 Å². The zero-order chi connectivity index (χ0) is 22.9. The van der Waals surface area contributed by atoms with E-state index in [0.717, 1.165) is 29.6 Å². The van der Waals surface area contributed by atoms with Crippen molar-refractivity contribution in [2.24, 2.45) is 5.73 Å². The molecule has 1 aliphatic rings. The van der Waals surface area contributed by atoms with Crippen molar-refractivity contribution in [2.45, 2.75) is 32.2 Å². The molecule has 0 aliphatic carbocycles. The number of ketones is 1. The van der Waals surface area contributed by atoms with Crippen molar-refractivity contribution >= 4 is 34.8 Å². The molecule has 0 bridgehead atoms. The van der Waals surface area contributed by atoms with Crippen molar-refractivity contribution < 1.29 is 9.59 Å². The van der Waals surface area contributed by atoms with Crippen molar-refractivity contribution in [3.63, 3.8) is 0 Å². The molecule has 11 nitrogen and oxygen atoms in total. The lowest BCUT2D eigenvalue weighted by molar-refractivity contribution is -0.119. The number of carbonyl (C=O) groups is 2. The summed E-state index contributed by atoms with van der Waals surface area (Å²) in [7, 11) is 0. The van der Waals surface area contributed by atoms with E-state index in [-0.39, 0.29) is 17.5 Å². The van der Waals surface area contributed by atoms with Crippen molar-refractivity contribution in [3.05, 3.63) is 59.7 Å². The molecule has 1 amide bonds. The Kier molecular flexibility index (Phi) is 5.21. The van der Waals surface area contributed by atoms with E-state index in [1.165, 1.54) is 6.07 Å². The molecule has 5 heterocycles. The van der Waals surface area contributed by atoms with E-state index in [1.54, 1.807) is 10.7 Å². The molecule has 1 saturated heterocycles. The second kappa shape index (κ2) is 8.34. The molecule has 4 N–H and O–H groups in total. The number of rotatable bonds is 7. The highest BCUT2D eigenvalue weighted by molar-refractivity contribution is 5.92. The molecule has 0 unspecified atom stereocenters. The highest BCUT2D eigenvalue weighted by Gasteiger charge is 2.33. The van der Waals surface area contributed by atoms with Crippen LogP contribution in [-0.4, -0.2) is 54.1 Å². The van der Waals surface area contributed by atoms with E-state index in [9.17, 15) is 9.59 Å². The van der Waals surface area contributed by atoms with Crippen LogP contribution in [0, 0.1) is 6.92 Å². The highest BCUT2D eigenvalue weighted by Crippen LogP contribution is 2.27. The molecule has 4 aromatic rings. The van der Waals surface area contributed by atoms with Gasteiger partial charge in [0.05, 0.1) is 6.04 Å². The van der Waals surface area contributed by atoms with Crippen molar-refractivity contribution in [1.82, 2.24) is 29.8 Å². The minimum absolute atomic E-state index is 0.113. The fourth-order valence-corrected chi connectivity index (χ4v) is 4.03. The molecule has 5 rings (SSSR count). The Labute approximate surface area is 189 Å². The fourth-order valence-electron chi connectivity index (χ4n) is 4.03. The summed E-state index contributed by atoms with van der Waals surface area (Å²) < 4.78 is 1.70. The second-order valence-electron chi connectivity index (χ2n) is 8.06. The molecule has 11 heteroatoms. The van der Waals surface area contributed by atoms with Gasteiger partial charge in [-0.3, -0.25) is 19.7 Å². The third-order valence-corrected chi connectivity index (χ3v) is 5.70. The number of pyridine rings is 1. The number of primary amides is 1. The molecule has 1 fully saturated rings. The SMILES string of the molecule is Cc1ccc(CC(=O)[C@@H]2CCCN2c2nc(Nc3cc(C(N)=O)[nH]n3)c3cccn3n2)cn1. The summed E-state index contributed by atoms with van der Waals surface area (Å²) in [6.07, 6.45) is 5.50. The number of hydrogen-bond acceptors (Lipinski definition) is 8. The normalized spacial score (nSPS) is 15.8. The predicted molar refractivity (Wildman–Crippen MR) is 121 cm³/mol. The quantitative estimate of drug-likeness (QED) is 0.390. The number of carbonyl (C=O) groups excluding carboxylic acids is 2. The molecule has 0 saturated carbocycles. The molecule has 0 aromatic carbocycles. The van der Waals surface area contributed by atoms with Crippen LogP contribution in [0.1, 0.15) is 34.6 Å². The number of fused-ring (bicyclic) bond motifs is 1. The lowest BCUT2D eigenvalue weighted by Gasteiger charge is -2.24. The number of hydrogen-bond donors (Lipinski definition) is 3. The largest absolute Gasteiger partial charge is 0.364 e. The number of aromatic nitrogens is 6. The fraction of sp³-hybridized carbons (Fsp3) is 0.273. The van der Waals surface area contributed by atoms with Gasteiger partial charge in [-0.25, -0.2) is 4.52 Å². The Bertz CT molecular complexity index is 1330. The number of nitrogens with zero attached hydrogens (tertiary/aromatic N) is 6. The number of aromatic amines is 1. The summed E-state index contributed by atoms with van der Waals surface area (Å²) in [5.74, 6) is 0.867. The van der Waals surface area contributed by atoms with Crippen molar-refractivity contribution in [2.75, 3.05) is 16.8 Å². The number of aryl methyl sites for hydroxylation is 1. The lowest BCUT2D eigenvalue weighted by Crippen LogP contribution is -2.38. The average molecular weight is 445 g/mol. The topological polar surface area (TPSA) is 147 Å². The van der Waals surface area contributed by atoms with Crippen molar-refractivity contribution in [3.8, 4) is 0 Å². The van der Waals surface area contributed by atoms with Crippen LogP contribution in [-0.2, 0) is 11.2 Å². The number of anilines is 3. The van der Waals surface area contributed by atoms with E-state index in [4.69, 9.17) is 10.7 Å². The summed E-state index contributed by atoms with van der Waals surface area (Å²) in [6.45, 7) is 2.60. The number of amides is 1. The minimum atomic E-state index is -0.603. The van der Waals surface area contributed by atoms with Gasteiger partial charge in [0.25, 0.3) is 5.91 Å². The molecule has 33 heavy (non-hydrogen) atoms. The predicted octanol–water partition coefficient (Wildman–Crippen LogP) is 1.78. The molecule has 4 aromatic heterocycles. The summed E-state index contributed by atoms with van der Waals surface area (Å²) in [5.41, 5.74) is 8.03. The van der Waals surface area contributed by atoms with Crippen LogP contribution in [0.5, 0.6) is 0 Å². The molecular formula is C22H23N9O2. The number of H-pyrrole nitrogens is 1. The Balaban J connectivity index is 1.42. The van der Waals surface area contributed by atoms with Gasteiger partial charge >= 0.3 is 0 Å². The molecule has 168 valence electrons. The standard InChI is InChI=1S/C22H23N9O2/c1-13-6-7-14(12-24-13)10-18(32)16-4-2-8-30(16)22-26-21(17-5-3-9-31(17)29-22)25-19-11-15(20(23)33)27-28-19/h3,5-7,9,11-12,16H,2,4,8,10H2,1H3,(H2,23,33)(H2,25,26,27,28,29)/t16-/m0/s1. The van der Waals surface area contributed by atoms with E-state index in [1.807, 2.05) is 42.3 Å². The van der Waals surface area contributed by atoms with Gasteiger partial charge in [-0.15, -0.1) is 5.10 Å². The zero-order valence-corrected chi connectivity index (χ0v) is 18.0. The third kappa shape index (κ3) is 4.12. The van der Waals surface area contributed by atoms with E-state index >= 15 is 0 Å². The average Bonchev–Trinajstić information content (AvgIpc) is 3.55. The molecular weight excluding hydrogens is 422 g/mol. The van der Waals surface area contributed by atoms with Crippen LogP contribution in [0.4, 0.5) is 17.6 Å². The first-order valence-corrected chi connectivity index (χ1v) is 10.7. The molecule has 0 radical (unpaired) electrons. The van der Waals surface area contributed by atoms with Gasteiger partial charge in [0.15, 0.2) is 17.4 Å². The lowest BCUT2D eigenvalue weighted by atomic mass is 10.0. The first kappa shape index (κ1) is 20.6. The van der Waals surface area contributed by atoms with Crippen LogP contribution >= 0.6 is 0 Å². The zero-order valence-electron chi connectivity index (χ0n) is 18.0. The molecule has 0 spiro atoms. The van der Waals surface area contributed by atoms with Gasteiger partial charge in [0.2, 0.25) is 5.95 Å². The maximum Gasteiger partial charge on any atom is 0.266 e. The maximum absolute atomic E-state index is 13.1. The third-order valence-electron chi connectivity index (χ3n) is 5.70. The smallest absolute Gasteiger partial charge is 0.266 e. The number of Topliss-reactive ketones (excluding diaryl/α,β-unsaturated/α-hetero) is 1. The molecule has 1 aliphatic heterocycles. The summed E-state index contributed by atoms with van der Waals surface area (Å²) in [6, 6.07) is 8.78. The van der Waals surface area contributed by atoms with Crippen LogP contribution in [0.3, 0.4) is 0 Å². The summed E-state index contributed by atoms with van der Waals surface area (Å²) >= 11 is 0. The van der Waals surface area contributed by atoms with Gasteiger partial charge in [0, 0.05) is 37.1 Å². The van der Waals surface area contributed by atoms with E-state index < -0.39 is 5.91 Å². The summed E-state index contributed by atoms with van der Waals surface area (Å²) in [5, 5.41) is 14.4. The van der Waals surface area contributed by atoms with Gasteiger partial charge in [-0.05, 0) is 43.5 Å². The highest BCUT2D eigenvalue weighted by atomic mass is 16.1. The summed E-state index contributed by atoms with van der Waals surface area (Å²) in [4.78, 5) is 35.4. The van der Waals surface area contributed by atoms with Crippen molar-refractivity contribution in [1.29, 1.82) is 0 Å². The molecule has 1 atom stereocenters. The van der Waals surface area contributed by atoms with Crippen LogP contribution in [0.15, 0.2) is 42.7 Å². The first-order chi connectivity index (χ1) is 16.0. The van der Waals surface area contributed by atoms with Crippen LogP contribution in [0.2, 0.25) is 0 Å². The van der Waals surface area contributed by atoms with Gasteiger partial charge in [-0.2, -0.15) is 10.1 Å². The number of nitrogens with two attached hydrogens (primary N) is 1. The maximum atomic E-state index is 13.1. The monoisotopic (exact) mass is 445 g/mol. The van der Waals surface area contributed by atoms with E-state index in [0.29, 0.717) is 30.5 Å². The van der Waals surface area contributed by atoms with Crippen LogP contribution in [0.25, 0.3) is 5.52 Å². The van der Waals surface area contributed by atoms with E-state index in [2.05, 4.69) is 25.6 Å². The Morgan fingerprint density at radius 3 is 2.94 bits per heavy atom. The Morgan fingerprint density at radius 1 is 1.30 bits per heavy atom. The Morgan fingerprint density at radius 2 is 2.18 bits per heavy atom. The minimum Gasteiger partial charge on any atom is -0.364 e. The van der Waals surface area contributed by atoms with Gasteiger partial charge < -0.3 is 16.0 Å². The second-order valence-corrected chi connectivity index (χ2v) is 8.06. The first-order valence-electron chi connectivity index (χ1n) is 10.7. The van der Waals surface area contributed by atoms with Gasteiger partial charge in [-0.1, -0.05) is 6.07 Å². The number of nitrogens with one attached hydrogen (secondary N) is 2. The van der Waals surface area contributed by atoms with Gasteiger partial charge in [0.1, 0.15) is 11.2 Å². The Hall–Kier alpha value is -4.28.